The minimum absolute atomic E-state index is 0.115. The molecule has 4 rings (SSSR count). The second kappa shape index (κ2) is 11.4. The summed E-state index contributed by atoms with van der Waals surface area (Å²) in [5.74, 6) is 1.60. The van der Waals surface area contributed by atoms with Gasteiger partial charge in [0.05, 0.1) is 14.2 Å². The number of hydrogen-bond acceptors (Lipinski definition) is 4. The minimum atomic E-state index is 0.115. The molecule has 0 bridgehead atoms. The zero-order valence-corrected chi connectivity index (χ0v) is 21.6. The van der Waals surface area contributed by atoms with Gasteiger partial charge in [-0.1, -0.05) is 49.7 Å². The first-order valence-corrected chi connectivity index (χ1v) is 13.0. The number of likely N-dealkylation sites (tertiary alicyclic amines) is 1. The third-order valence-corrected chi connectivity index (χ3v) is 7.97. The number of benzene rings is 2. The molecule has 1 aliphatic heterocycles. The minimum Gasteiger partial charge on any atom is -0.493 e. The van der Waals surface area contributed by atoms with Crippen molar-refractivity contribution >= 4 is 17.3 Å². The fourth-order valence-corrected chi connectivity index (χ4v) is 6.15. The van der Waals surface area contributed by atoms with Crippen LogP contribution < -0.4 is 20.1 Å². The summed E-state index contributed by atoms with van der Waals surface area (Å²) in [6.07, 6.45) is 6.79. The molecule has 2 N–H and O–H groups in total. The number of fused-ring (bicyclic) bond motifs is 1. The van der Waals surface area contributed by atoms with Crippen molar-refractivity contribution in [1.82, 2.24) is 15.5 Å². The van der Waals surface area contributed by atoms with Crippen LogP contribution >= 0.6 is 12.2 Å². The van der Waals surface area contributed by atoms with Crippen LogP contribution in [-0.2, 0) is 12.0 Å². The van der Waals surface area contributed by atoms with E-state index >= 15 is 0 Å². The van der Waals surface area contributed by atoms with E-state index in [2.05, 4.69) is 71.0 Å². The van der Waals surface area contributed by atoms with Crippen molar-refractivity contribution in [2.75, 3.05) is 27.3 Å². The number of hydrogen-bond donors (Lipinski definition) is 2. The van der Waals surface area contributed by atoms with Crippen molar-refractivity contribution in [2.24, 2.45) is 0 Å². The highest BCUT2D eigenvalue weighted by molar-refractivity contribution is 7.80. The smallest absolute Gasteiger partial charge is 0.166 e. The molecule has 1 saturated carbocycles. The van der Waals surface area contributed by atoms with Gasteiger partial charge < -0.3 is 20.1 Å². The molecule has 0 radical (unpaired) electrons. The normalized spacial score (nSPS) is 24.3. The van der Waals surface area contributed by atoms with Gasteiger partial charge in [-0.25, -0.2) is 0 Å². The van der Waals surface area contributed by atoms with Crippen molar-refractivity contribution in [3.63, 3.8) is 0 Å². The number of methoxy groups -OCH3 is 2. The highest BCUT2D eigenvalue weighted by Crippen LogP contribution is 2.50. The number of nitrogens with zero attached hydrogens (tertiary/aromatic N) is 1. The lowest BCUT2D eigenvalue weighted by Gasteiger charge is -2.46. The second-order valence-corrected chi connectivity index (χ2v) is 10.1. The van der Waals surface area contributed by atoms with Crippen molar-refractivity contribution in [3.05, 3.63) is 59.7 Å². The van der Waals surface area contributed by atoms with Gasteiger partial charge in [-0.15, -0.1) is 0 Å². The van der Waals surface area contributed by atoms with Crippen LogP contribution in [0.5, 0.6) is 11.5 Å². The van der Waals surface area contributed by atoms with Crippen LogP contribution in [0.15, 0.2) is 48.5 Å². The summed E-state index contributed by atoms with van der Waals surface area (Å²) in [5.41, 5.74) is 2.86. The monoisotopic (exact) mass is 481 g/mol. The molecule has 1 saturated heterocycles. The molecule has 0 spiro atoms. The molecule has 1 aliphatic carbocycles. The van der Waals surface area contributed by atoms with Crippen molar-refractivity contribution in [1.29, 1.82) is 0 Å². The Hall–Kier alpha value is -2.31. The maximum Gasteiger partial charge on any atom is 0.166 e. The van der Waals surface area contributed by atoms with Crippen LogP contribution in [0, 0.1) is 0 Å². The number of rotatable bonds is 9. The number of ether oxygens (including phenoxy) is 2. The van der Waals surface area contributed by atoms with E-state index in [1.165, 1.54) is 17.5 Å². The predicted octanol–water partition coefficient (Wildman–Crippen LogP) is 5.03. The van der Waals surface area contributed by atoms with Gasteiger partial charge in [0.1, 0.15) is 0 Å². The van der Waals surface area contributed by atoms with E-state index in [0.717, 1.165) is 68.3 Å². The molecule has 2 aromatic carbocycles. The standard InChI is InChI=1S/C28H39N3O2S/c1-4-5-16-29-27(34)30-23-13-14-28(22-11-12-24(32-2)25(18-22)33-3)15-17-31(26(28)19-23)20-21-9-7-6-8-10-21/h6-12,18,23,26H,4-5,13-17,19-20H2,1-3H3,(H2,29,30,34)/t23-,26-,28+/m1/s1. The maximum atomic E-state index is 5.68. The molecule has 0 unspecified atom stereocenters. The molecule has 2 aromatic rings. The van der Waals surface area contributed by atoms with Crippen LogP contribution in [0.4, 0.5) is 0 Å². The number of unbranched alkanes of at least 4 members (excludes halogenated alkanes) is 1. The topological polar surface area (TPSA) is 45.8 Å². The van der Waals surface area contributed by atoms with Crippen molar-refractivity contribution < 1.29 is 9.47 Å². The second-order valence-electron chi connectivity index (χ2n) is 9.67. The lowest BCUT2D eigenvalue weighted by molar-refractivity contribution is 0.134. The zero-order valence-electron chi connectivity index (χ0n) is 20.8. The molecule has 0 amide bonds. The van der Waals surface area contributed by atoms with E-state index in [4.69, 9.17) is 21.7 Å². The fraction of sp³-hybridized carbons (Fsp3) is 0.536. The van der Waals surface area contributed by atoms with Crippen molar-refractivity contribution in [2.45, 2.75) is 69.5 Å². The highest BCUT2D eigenvalue weighted by Gasteiger charge is 2.51. The van der Waals surface area contributed by atoms with Gasteiger partial charge in [-0.3, -0.25) is 4.90 Å². The summed E-state index contributed by atoms with van der Waals surface area (Å²) < 4.78 is 11.2. The SMILES string of the molecule is CCCCNC(=S)N[C@@H]1CC[C@@]2(c3ccc(OC)c(OC)c3)CCN(Cc3ccccc3)[C@@H]2C1. The molecule has 5 nitrogen and oxygen atoms in total. The van der Waals surface area contributed by atoms with Gasteiger partial charge in [0.15, 0.2) is 16.6 Å². The molecule has 6 heteroatoms. The Morgan fingerprint density at radius 1 is 1.09 bits per heavy atom. The lowest BCUT2D eigenvalue weighted by Crippen LogP contribution is -2.53. The summed E-state index contributed by atoms with van der Waals surface area (Å²) in [6.45, 7) is 5.22. The Kier molecular flexibility index (Phi) is 8.32. The Morgan fingerprint density at radius 3 is 2.62 bits per heavy atom. The van der Waals surface area contributed by atoms with Crippen LogP contribution in [-0.4, -0.2) is 49.4 Å². The van der Waals surface area contributed by atoms with E-state index in [0.29, 0.717) is 12.1 Å². The maximum absolute atomic E-state index is 5.68. The quantitative estimate of drug-likeness (QED) is 0.387. The van der Waals surface area contributed by atoms with E-state index in [-0.39, 0.29) is 5.41 Å². The van der Waals surface area contributed by atoms with Gasteiger partial charge in [0.25, 0.3) is 0 Å². The van der Waals surface area contributed by atoms with Gasteiger partial charge in [-0.05, 0) is 74.1 Å². The van der Waals surface area contributed by atoms with E-state index in [9.17, 15) is 0 Å². The Bertz CT molecular complexity index is 954. The average Bonchev–Trinajstić information content (AvgIpc) is 3.23. The van der Waals surface area contributed by atoms with E-state index in [1.807, 2.05) is 0 Å². The van der Waals surface area contributed by atoms with Crippen molar-refractivity contribution in [3.8, 4) is 11.5 Å². The fourth-order valence-electron chi connectivity index (χ4n) is 5.88. The summed E-state index contributed by atoms with van der Waals surface area (Å²) >= 11 is 5.62. The van der Waals surface area contributed by atoms with Crippen LogP contribution in [0.25, 0.3) is 0 Å². The van der Waals surface area contributed by atoms with Gasteiger partial charge in [0.2, 0.25) is 0 Å². The number of thiocarbonyl (C=S) groups is 1. The molecule has 0 aromatic heterocycles. The molecule has 34 heavy (non-hydrogen) atoms. The first-order chi connectivity index (χ1) is 16.6. The van der Waals surface area contributed by atoms with Crippen LogP contribution in [0.2, 0.25) is 0 Å². The van der Waals surface area contributed by atoms with E-state index < -0.39 is 0 Å². The first-order valence-electron chi connectivity index (χ1n) is 12.6. The first kappa shape index (κ1) is 24.8. The molecule has 3 atom stereocenters. The Morgan fingerprint density at radius 2 is 1.88 bits per heavy atom. The van der Waals surface area contributed by atoms with Crippen LogP contribution in [0.1, 0.15) is 56.6 Å². The number of nitrogens with one attached hydrogen (secondary N) is 2. The molecule has 184 valence electrons. The zero-order chi connectivity index (χ0) is 24.0. The molecule has 2 fully saturated rings. The Labute approximate surface area is 210 Å². The largest absolute Gasteiger partial charge is 0.493 e. The van der Waals surface area contributed by atoms with Crippen LogP contribution in [0.3, 0.4) is 0 Å². The molecule has 1 heterocycles. The highest BCUT2D eigenvalue weighted by atomic mass is 32.1. The van der Waals surface area contributed by atoms with E-state index in [1.54, 1.807) is 14.2 Å². The molecule has 2 aliphatic rings. The summed E-state index contributed by atoms with van der Waals surface area (Å²) in [4.78, 5) is 2.69. The third-order valence-electron chi connectivity index (χ3n) is 7.71. The summed E-state index contributed by atoms with van der Waals surface area (Å²) in [6, 6.07) is 18.2. The van der Waals surface area contributed by atoms with Gasteiger partial charge >= 0.3 is 0 Å². The molecular weight excluding hydrogens is 442 g/mol. The predicted molar refractivity (Wildman–Crippen MR) is 143 cm³/mol. The summed E-state index contributed by atoms with van der Waals surface area (Å²) in [7, 11) is 3.42. The third kappa shape index (κ3) is 5.33. The van der Waals surface area contributed by atoms with Gasteiger partial charge in [0, 0.05) is 30.6 Å². The molecular formula is C28H39N3O2S. The van der Waals surface area contributed by atoms with Gasteiger partial charge in [-0.2, -0.15) is 0 Å². The lowest BCUT2D eigenvalue weighted by atomic mass is 9.65. The Balaban J connectivity index is 1.57. The average molecular weight is 482 g/mol. The summed E-state index contributed by atoms with van der Waals surface area (Å²) in [5, 5.41) is 7.82.